The van der Waals surface area contributed by atoms with Gasteiger partial charge < -0.3 is 14.9 Å². The van der Waals surface area contributed by atoms with Crippen LogP contribution in [0.25, 0.3) is 0 Å². The van der Waals surface area contributed by atoms with E-state index < -0.39 is 5.97 Å². The summed E-state index contributed by atoms with van der Waals surface area (Å²) < 4.78 is 0. The number of carboxylic acid groups (broad SMARTS) is 1. The van der Waals surface area contributed by atoms with Crippen LogP contribution in [0.4, 0.5) is 4.79 Å². The molecule has 2 amide bonds. The highest BCUT2D eigenvalue weighted by molar-refractivity contribution is 5.81. The molecule has 3 rings (SSSR count). The van der Waals surface area contributed by atoms with E-state index in [9.17, 15) is 9.59 Å². The van der Waals surface area contributed by atoms with Gasteiger partial charge in [0.1, 0.15) is 6.54 Å². The number of aliphatic carboxylic acids is 1. The van der Waals surface area contributed by atoms with Gasteiger partial charge in [0, 0.05) is 31.2 Å². The summed E-state index contributed by atoms with van der Waals surface area (Å²) in [6.07, 6.45) is 5.26. The first kappa shape index (κ1) is 13.7. The van der Waals surface area contributed by atoms with Gasteiger partial charge in [0.2, 0.25) is 0 Å². The summed E-state index contributed by atoms with van der Waals surface area (Å²) in [6.45, 7) is 1.34. The van der Waals surface area contributed by atoms with E-state index in [4.69, 9.17) is 5.11 Å². The first-order valence-corrected chi connectivity index (χ1v) is 7.55. The molecule has 0 aromatic heterocycles. The molecule has 20 heavy (non-hydrogen) atoms. The number of likely N-dealkylation sites (N-methyl/N-ethyl adjacent to an activating group) is 1. The fourth-order valence-electron chi connectivity index (χ4n) is 3.55. The lowest BCUT2D eigenvalue weighted by Crippen LogP contribution is -2.49. The van der Waals surface area contributed by atoms with Gasteiger partial charge in [0.15, 0.2) is 0 Å². The summed E-state index contributed by atoms with van der Waals surface area (Å²) in [7, 11) is 2.15. The second-order valence-corrected chi connectivity index (χ2v) is 6.32. The van der Waals surface area contributed by atoms with E-state index in [1.165, 1.54) is 6.42 Å². The third kappa shape index (κ3) is 2.61. The number of carboxylic acids is 1. The van der Waals surface area contributed by atoms with E-state index in [0.29, 0.717) is 12.1 Å². The predicted octanol–water partition coefficient (Wildman–Crippen LogP) is 0.824. The number of urea groups is 1. The fourth-order valence-corrected chi connectivity index (χ4v) is 3.55. The highest BCUT2D eigenvalue weighted by Crippen LogP contribution is 2.31. The number of likely N-dealkylation sites (tertiary alicyclic amines) is 1. The van der Waals surface area contributed by atoms with Crippen molar-refractivity contribution in [3.8, 4) is 0 Å². The lowest BCUT2D eigenvalue weighted by molar-refractivity contribution is -0.137. The summed E-state index contributed by atoms with van der Waals surface area (Å²) in [5.74, 6) is -0.918. The molecule has 1 N–H and O–H groups in total. The zero-order chi connectivity index (χ0) is 14.3. The van der Waals surface area contributed by atoms with Gasteiger partial charge in [0.05, 0.1) is 0 Å². The Bertz CT molecular complexity index is 410. The van der Waals surface area contributed by atoms with Crippen molar-refractivity contribution < 1.29 is 14.7 Å². The minimum atomic E-state index is -0.918. The molecule has 1 saturated carbocycles. The minimum absolute atomic E-state index is 0.0733. The van der Waals surface area contributed by atoms with Crippen LogP contribution in [0.15, 0.2) is 0 Å². The van der Waals surface area contributed by atoms with Gasteiger partial charge in [-0.1, -0.05) is 0 Å². The number of carbonyl (C=O) groups excluding carboxylic acids is 1. The lowest BCUT2D eigenvalue weighted by Gasteiger charge is -2.31. The van der Waals surface area contributed by atoms with Gasteiger partial charge in [-0.05, 0) is 39.2 Å². The average molecular weight is 281 g/mol. The Morgan fingerprint density at radius 3 is 2.50 bits per heavy atom. The van der Waals surface area contributed by atoms with Crippen LogP contribution in [-0.4, -0.2) is 76.6 Å². The summed E-state index contributed by atoms with van der Waals surface area (Å²) >= 11 is 0. The molecule has 3 fully saturated rings. The predicted molar refractivity (Wildman–Crippen MR) is 73.5 cm³/mol. The first-order chi connectivity index (χ1) is 9.56. The Labute approximate surface area is 119 Å². The molecule has 2 saturated heterocycles. The average Bonchev–Trinajstić information content (AvgIpc) is 3.15. The van der Waals surface area contributed by atoms with Crippen LogP contribution in [-0.2, 0) is 4.79 Å². The number of hydrogen-bond acceptors (Lipinski definition) is 3. The Balaban J connectivity index is 1.68. The number of rotatable bonds is 3. The van der Waals surface area contributed by atoms with Crippen molar-refractivity contribution in [3.05, 3.63) is 0 Å². The second kappa shape index (κ2) is 5.24. The molecule has 2 atom stereocenters. The largest absolute Gasteiger partial charge is 0.480 e. The molecule has 6 nitrogen and oxygen atoms in total. The molecule has 0 radical (unpaired) electrons. The summed E-state index contributed by atoms with van der Waals surface area (Å²) in [5, 5.41) is 8.99. The number of hydrogen-bond donors (Lipinski definition) is 1. The van der Waals surface area contributed by atoms with Crippen molar-refractivity contribution in [2.24, 2.45) is 0 Å². The van der Waals surface area contributed by atoms with E-state index in [0.717, 1.165) is 38.8 Å². The van der Waals surface area contributed by atoms with Crippen molar-refractivity contribution in [3.63, 3.8) is 0 Å². The van der Waals surface area contributed by atoms with Crippen LogP contribution in [0.3, 0.4) is 0 Å². The highest BCUT2D eigenvalue weighted by Gasteiger charge is 2.40. The molecule has 0 spiro atoms. The van der Waals surface area contributed by atoms with Crippen LogP contribution in [0, 0.1) is 0 Å². The summed E-state index contributed by atoms with van der Waals surface area (Å²) in [5.41, 5.74) is 0. The molecule has 2 unspecified atom stereocenters. The second-order valence-electron chi connectivity index (χ2n) is 6.32. The van der Waals surface area contributed by atoms with Gasteiger partial charge >= 0.3 is 12.0 Å². The van der Waals surface area contributed by atoms with Gasteiger partial charge in [-0.3, -0.25) is 9.69 Å². The van der Waals surface area contributed by atoms with Crippen molar-refractivity contribution >= 4 is 12.0 Å². The molecule has 0 aromatic rings. The molecular formula is C14H23N3O3. The smallest absolute Gasteiger partial charge is 0.323 e. The third-order valence-corrected chi connectivity index (χ3v) is 4.96. The quantitative estimate of drug-likeness (QED) is 0.832. The van der Waals surface area contributed by atoms with Crippen molar-refractivity contribution in [1.82, 2.24) is 14.7 Å². The topological polar surface area (TPSA) is 64.1 Å². The maximum absolute atomic E-state index is 12.6. The third-order valence-electron chi connectivity index (χ3n) is 4.96. The maximum atomic E-state index is 12.6. The zero-order valence-electron chi connectivity index (χ0n) is 12.0. The maximum Gasteiger partial charge on any atom is 0.323 e. The van der Waals surface area contributed by atoms with Crippen LogP contribution in [0.1, 0.15) is 32.1 Å². The van der Waals surface area contributed by atoms with Gasteiger partial charge in [-0.25, -0.2) is 4.79 Å². The van der Waals surface area contributed by atoms with E-state index >= 15 is 0 Å². The molecule has 2 bridgehead atoms. The Hall–Kier alpha value is -1.30. The number of amides is 2. The molecule has 2 aliphatic heterocycles. The van der Waals surface area contributed by atoms with Gasteiger partial charge in [-0.2, -0.15) is 0 Å². The number of carbonyl (C=O) groups is 2. The Kier molecular flexibility index (Phi) is 3.58. The van der Waals surface area contributed by atoms with Crippen LogP contribution < -0.4 is 0 Å². The standard InChI is InChI=1S/C14H23N3O3/c1-15-10-2-5-12(15)8-16(7-6-10)14(20)17(9-13(18)19)11-3-4-11/h10-12H,2-9H2,1H3,(H,18,19). The normalized spacial score (nSPS) is 30.1. The Morgan fingerprint density at radius 2 is 1.85 bits per heavy atom. The fraction of sp³-hybridized carbons (Fsp3) is 0.857. The van der Waals surface area contributed by atoms with Gasteiger partial charge in [-0.15, -0.1) is 0 Å². The van der Waals surface area contributed by atoms with Crippen molar-refractivity contribution in [1.29, 1.82) is 0 Å². The van der Waals surface area contributed by atoms with Crippen LogP contribution in [0.5, 0.6) is 0 Å². The van der Waals surface area contributed by atoms with Crippen LogP contribution in [0.2, 0.25) is 0 Å². The molecule has 6 heteroatoms. The van der Waals surface area contributed by atoms with E-state index in [1.54, 1.807) is 4.90 Å². The first-order valence-electron chi connectivity index (χ1n) is 7.55. The molecule has 0 aromatic carbocycles. The van der Waals surface area contributed by atoms with E-state index in [2.05, 4.69) is 11.9 Å². The summed E-state index contributed by atoms with van der Waals surface area (Å²) in [6, 6.07) is 1.11. The summed E-state index contributed by atoms with van der Waals surface area (Å²) in [4.78, 5) is 29.4. The highest BCUT2D eigenvalue weighted by atomic mass is 16.4. The van der Waals surface area contributed by atoms with Crippen molar-refractivity contribution in [2.75, 3.05) is 26.7 Å². The Morgan fingerprint density at radius 1 is 1.15 bits per heavy atom. The monoisotopic (exact) mass is 281 g/mol. The number of nitrogens with zero attached hydrogens (tertiary/aromatic N) is 3. The van der Waals surface area contributed by atoms with E-state index in [1.807, 2.05) is 4.90 Å². The molecule has 3 aliphatic rings. The molecule has 1 aliphatic carbocycles. The SMILES string of the molecule is CN1C2CCC1CN(C(=O)N(CC(=O)O)C1CC1)CC2. The molecule has 2 heterocycles. The minimum Gasteiger partial charge on any atom is -0.480 e. The van der Waals surface area contributed by atoms with E-state index in [-0.39, 0.29) is 18.6 Å². The molecular weight excluding hydrogens is 258 g/mol. The number of fused-ring (bicyclic) bond motifs is 2. The zero-order valence-corrected chi connectivity index (χ0v) is 12.0. The molecule has 112 valence electrons. The van der Waals surface area contributed by atoms with Gasteiger partial charge in [0.25, 0.3) is 0 Å². The lowest BCUT2D eigenvalue weighted by atomic mass is 10.1. The van der Waals surface area contributed by atoms with Crippen LogP contribution >= 0.6 is 0 Å². The van der Waals surface area contributed by atoms with Crippen molar-refractivity contribution in [2.45, 2.75) is 50.2 Å².